The average Bonchev–Trinajstić information content (AvgIpc) is 3.70. The van der Waals surface area contributed by atoms with Gasteiger partial charge in [0.15, 0.2) is 17.3 Å². The average molecular weight is 568 g/mol. The molecule has 1 aromatic carbocycles. The minimum Gasteiger partial charge on any atom is -0.493 e. The number of hydrogen-bond donors (Lipinski definition) is 2. The summed E-state index contributed by atoms with van der Waals surface area (Å²) in [6.07, 6.45) is 4.87. The molecule has 2 N–H and O–H groups in total. The largest absolute Gasteiger partial charge is 0.493 e. The van der Waals surface area contributed by atoms with Gasteiger partial charge in [-0.05, 0) is 33.6 Å². The normalized spacial score (nSPS) is 16.5. The fourth-order valence-electron chi connectivity index (χ4n) is 5.15. The second-order valence-corrected chi connectivity index (χ2v) is 11.0. The SMILES string of the molecule is COc1cc(-n2cnc(Nc3nc4c(c(N5CCC[C@@H]5CO)n3)CN(C(=O)OC(C)(C)C)C4)c2)cc(OC)c1OC. The number of carbonyl (C=O) groups is 1. The van der Waals surface area contributed by atoms with Crippen molar-refractivity contribution in [3.8, 4) is 22.9 Å². The summed E-state index contributed by atoms with van der Waals surface area (Å²) in [5.41, 5.74) is 1.74. The molecule has 0 bridgehead atoms. The van der Waals surface area contributed by atoms with E-state index in [0.717, 1.165) is 36.3 Å². The third kappa shape index (κ3) is 5.80. The number of fused-ring (bicyclic) bond motifs is 1. The zero-order valence-electron chi connectivity index (χ0n) is 24.3. The quantitative estimate of drug-likeness (QED) is 0.413. The number of imidazole rings is 1. The number of aliphatic hydroxyl groups excluding tert-OH is 1. The molecule has 2 aliphatic rings. The maximum absolute atomic E-state index is 12.9. The molecule has 1 atom stereocenters. The Morgan fingerprint density at radius 1 is 1.10 bits per heavy atom. The minimum atomic E-state index is -0.610. The first-order valence-corrected chi connectivity index (χ1v) is 13.5. The minimum absolute atomic E-state index is 0.0243. The first kappa shape index (κ1) is 28.3. The van der Waals surface area contributed by atoms with Crippen LogP contribution >= 0.6 is 0 Å². The van der Waals surface area contributed by atoms with Crippen LogP contribution in [0.25, 0.3) is 5.69 Å². The smallest absolute Gasteiger partial charge is 0.410 e. The summed E-state index contributed by atoms with van der Waals surface area (Å²) in [5.74, 6) is 3.13. The summed E-state index contributed by atoms with van der Waals surface area (Å²) < 4.78 is 23.8. The number of nitrogens with one attached hydrogen (secondary N) is 1. The van der Waals surface area contributed by atoms with Crippen molar-refractivity contribution >= 4 is 23.7 Å². The predicted molar refractivity (Wildman–Crippen MR) is 151 cm³/mol. The van der Waals surface area contributed by atoms with Crippen molar-refractivity contribution in [2.75, 3.05) is 44.7 Å². The molecule has 4 heterocycles. The Bertz CT molecular complexity index is 1390. The van der Waals surface area contributed by atoms with Gasteiger partial charge in [0.1, 0.15) is 17.7 Å². The second kappa shape index (κ2) is 11.3. The molecule has 5 rings (SSSR count). The Hall–Kier alpha value is -4.26. The summed E-state index contributed by atoms with van der Waals surface area (Å²) in [6.45, 7) is 6.95. The Morgan fingerprint density at radius 3 is 2.46 bits per heavy atom. The number of ether oxygens (including phenoxy) is 4. The van der Waals surface area contributed by atoms with Gasteiger partial charge in [0.05, 0.1) is 64.6 Å². The molecule has 2 aromatic heterocycles. The van der Waals surface area contributed by atoms with Gasteiger partial charge in [-0.1, -0.05) is 0 Å². The van der Waals surface area contributed by atoms with Crippen molar-refractivity contribution in [1.29, 1.82) is 0 Å². The van der Waals surface area contributed by atoms with E-state index in [1.54, 1.807) is 38.8 Å². The van der Waals surface area contributed by atoms with Crippen molar-refractivity contribution in [3.63, 3.8) is 0 Å². The first-order chi connectivity index (χ1) is 19.6. The summed E-state index contributed by atoms with van der Waals surface area (Å²) in [7, 11) is 4.69. The van der Waals surface area contributed by atoms with Gasteiger partial charge in [0.2, 0.25) is 11.7 Å². The molecule has 41 heavy (non-hydrogen) atoms. The van der Waals surface area contributed by atoms with Crippen LogP contribution in [0.15, 0.2) is 24.7 Å². The molecule has 1 amide bonds. The highest BCUT2D eigenvalue weighted by Crippen LogP contribution is 2.40. The number of amides is 1. The molecule has 220 valence electrons. The van der Waals surface area contributed by atoms with Crippen molar-refractivity contribution < 1.29 is 28.8 Å². The number of anilines is 3. The van der Waals surface area contributed by atoms with Crippen LogP contribution in [0.5, 0.6) is 17.2 Å². The lowest BCUT2D eigenvalue weighted by Crippen LogP contribution is -2.35. The fraction of sp³-hybridized carbons (Fsp3) is 0.500. The summed E-state index contributed by atoms with van der Waals surface area (Å²) in [5, 5.41) is 13.2. The lowest BCUT2D eigenvalue weighted by molar-refractivity contribution is 0.0240. The lowest BCUT2D eigenvalue weighted by atomic mass is 10.2. The van der Waals surface area contributed by atoms with E-state index in [9.17, 15) is 9.90 Å². The van der Waals surface area contributed by atoms with Gasteiger partial charge >= 0.3 is 6.09 Å². The highest BCUT2D eigenvalue weighted by Gasteiger charge is 2.35. The number of aliphatic hydroxyl groups is 1. The maximum Gasteiger partial charge on any atom is 0.410 e. The Morgan fingerprint density at radius 2 is 1.83 bits per heavy atom. The van der Waals surface area contributed by atoms with Gasteiger partial charge in [-0.25, -0.2) is 14.8 Å². The monoisotopic (exact) mass is 567 g/mol. The van der Waals surface area contributed by atoms with Crippen LogP contribution in [0.4, 0.5) is 22.4 Å². The van der Waals surface area contributed by atoms with Crippen LogP contribution in [-0.4, -0.2) is 81.7 Å². The van der Waals surface area contributed by atoms with Crippen molar-refractivity contribution in [2.24, 2.45) is 0 Å². The molecular formula is C28H37N7O6. The lowest BCUT2D eigenvalue weighted by Gasteiger charge is -2.27. The van der Waals surface area contributed by atoms with Crippen LogP contribution in [0, 0.1) is 0 Å². The molecule has 1 fully saturated rings. The Kier molecular flexibility index (Phi) is 7.80. The van der Waals surface area contributed by atoms with Crippen LogP contribution < -0.4 is 24.4 Å². The zero-order valence-corrected chi connectivity index (χ0v) is 24.3. The van der Waals surface area contributed by atoms with Gasteiger partial charge in [-0.2, -0.15) is 4.98 Å². The van der Waals surface area contributed by atoms with Crippen molar-refractivity contribution in [3.05, 3.63) is 35.9 Å². The standard InChI is InChI=1S/C28H37N7O6/c1-28(2,3)41-27(37)33-12-19-20(13-33)30-26(32-25(19)35-9-7-8-17(35)15-36)31-23-14-34(16-29-23)18-10-21(38-4)24(40-6)22(11-18)39-5/h10-11,14,16-17,36H,7-9,12-13,15H2,1-6H3,(H,30,31,32)/t17-/m1/s1. The number of carbonyl (C=O) groups excluding carboxylic acids is 1. The van der Waals surface area contributed by atoms with Gasteiger partial charge < -0.3 is 38.8 Å². The summed E-state index contributed by atoms with van der Waals surface area (Å²) >= 11 is 0. The third-order valence-corrected chi connectivity index (χ3v) is 7.04. The van der Waals surface area contributed by atoms with Crippen LogP contribution in [-0.2, 0) is 17.8 Å². The fourth-order valence-corrected chi connectivity index (χ4v) is 5.15. The summed E-state index contributed by atoms with van der Waals surface area (Å²) in [4.78, 5) is 30.7. The van der Waals surface area contributed by atoms with E-state index >= 15 is 0 Å². The molecule has 1 saturated heterocycles. The van der Waals surface area contributed by atoms with Gasteiger partial charge in [0, 0.05) is 24.2 Å². The van der Waals surface area contributed by atoms with Crippen LogP contribution in [0.1, 0.15) is 44.9 Å². The van der Waals surface area contributed by atoms with E-state index in [1.165, 1.54) is 0 Å². The highest BCUT2D eigenvalue weighted by molar-refractivity contribution is 5.71. The molecule has 13 nitrogen and oxygen atoms in total. The molecule has 0 aliphatic carbocycles. The van der Waals surface area contributed by atoms with Crippen molar-refractivity contribution in [1.82, 2.24) is 24.4 Å². The molecule has 0 unspecified atom stereocenters. The summed E-state index contributed by atoms with van der Waals surface area (Å²) in [6, 6.07) is 3.60. The molecule has 3 aromatic rings. The number of nitrogens with zero attached hydrogens (tertiary/aromatic N) is 6. The van der Waals surface area contributed by atoms with E-state index in [0.29, 0.717) is 47.9 Å². The van der Waals surface area contributed by atoms with E-state index in [2.05, 4.69) is 15.2 Å². The molecule has 2 aliphatic heterocycles. The van der Waals surface area contributed by atoms with Crippen LogP contribution in [0.3, 0.4) is 0 Å². The number of hydrogen-bond acceptors (Lipinski definition) is 11. The third-order valence-electron chi connectivity index (χ3n) is 7.04. The van der Waals surface area contributed by atoms with Gasteiger partial charge in [-0.3, -0.25) is 4.90 Å². The molecule has 0 radical (unpaired) electrons. The van der Waals surface area contributed by atoms with Gasteiger partial charge in [0.25, 0.3) is 0 Å². The number of aromatic nitrogens is 4. The number of methoxy groups -OCH3 is 3. The van der Waals surface area contributed by atoms with E-state index in [4.69, 9.17) is 28.9 Å². The molecule has 13 heteroatoms. The highest BCUT2D eigenvalue weighted by atomic mass is 16.6. The maximum atomic E-state index is 12.9. The number of rotatable bonds is 8. The Balaban J connectivity index is 1.45. The predicted octanol–water partition coefficient (Wildman–Crippen LogP) is 3.64. The van der Waals surface area contributed by atoms with Crippen molar-refractivity contribution in [2.45, 2.75) is 58.3 Å². The van der Waals surface area contributed by atoms with E-state index in [1.807, 2.05) is 37.5 Å². The zero-order chi connectivity index (χ0) is 29.3. The molecular weight excluding hydrogens is 530 g/mol. The number of benzene rings is 1. The topological polar surface area (TPSA) is 136 Å². The molecule has 0 saturated carbocycles. The Labute approximate surface area is 239 Å². The molecule has 0 spiro atoms. The van der Waals surface area contributed by atoms with E-state index < -0.39 is 11.7 Å². The van der Waals surface area contributed by atoms with Crippen LogP contribution in [0.2, 0.25) is 0 Å². The van der Waals surface area contributed by atoms with Gasteiger partial charge in [-0.15, -0.1) is 0 Å². The first-order valence-electron chi connectivity index (χ1n) is 13.5. The van der Waals surface area contributed by atoms with E-state index in [-0.39, 0.29) is 12.6 Å². The second-order valence-electron chi connectivity index (χ2n) is 11.0.